The van der Waals surface area contributed by atoms with E-state index < -0.39 is 20.0 Å². The summed E-state index contributed by atoms with van der Waals surface area (Å²) in [5.41, 5.74) is 6.68. The minimum absolute atomic E-state index is 0. The largest absolute Gasteiger partial charge is 0.497 e. The summed E-state index contributed by atoms with van der Waals surface area (Å²) in [5.74, 6) is 3.60. The molecule has 131 heavy (non-hydrogen) atoms. The molecule has 0 aliphatic carbocycles. The number of thiophene rings is 4. The Balaban J connectivity index is 0.000000126. The molecule has 0 unspecified atom stereocenters. The summed E-state index contributed by atoms with van der Waals surface area (Å²) in [7, 11) is 4.53. The molecule has 16 nitrogen and oxygen atoms in total. The number of H-pyrrole nitrogens is 1. The number of hydrogen-bond donors (Lipinski definition) is 3. The Kier molecular flexibility index (Phi) is 30.6. The first kappa shape index (κ1) is 93.6. The lowest BCUT2D eigenvalue weighted by Gasteiger charge is -2.18. The summed E-state index contributed by atoms with van der Waals surface area (Å²) >= 11 is 13.4. The van der Waals surface area contributed by atoms with Gasteiger partial charge in [-0.3, -0.25) is 24.8 Å². The van der Waals surface area contributed by atoms with Gasteiger partial charge in [0.05, 0.1) is 82.5 Å². The Labute approximate surface area is 791 Å². The second kappa shape index (κ2) is 42.8. The first-order valence-electron chi connectivity index (χ1n) is 40.4. The Morgan fingerprint density at radius 3 is 1.31 bits per heavy atom. The first-order chi connectivity index (χ1) is 62.6. The lowest BCUT2D eigenvalue weighted by molar-refractivity contribution is -0.385. The molecule has 652 valence electrons. The first-order valence-corrected chi connectivity index (χ1v) is 46.6. The average molecular weight is 1950 g/mol. The van der Waals surface area contributed by atoms with Gasteiger partial charge in [0.1, 0.15) is 33.4 Å². The van der Waals surface area contributed by atoms with Gasteiger partial charge in [0, 0.05) is 121 Å². The number of rotatable bonds is 12. The molecule has 0 fully saturated rings. The van der Waals surface area contributed by atoms with Crippen LogP contribution in [0.15, 0.2) is 379 Å². The number of halogens is 2. The zero-order chi connectivity index (χ0) is 88.3. The number of ether oxygens (including phenoxy) is 4. The number of aromatic nitrogens is 4. The second-order valence-corrected chi connectivity index (χ2v) is 37.3. The van der Waals surface area contributed by atoms with Crippen LogP contribution in [-0.2, 0) is 0 Å². The summed E-state index contributed by atoms with van der Waals surface area (Å²) in [6.07, 6.45) is 3.59. The molecule has 8 heterocycles. The lowest BCUT2D eigenvalue weighted by Crippen LogP contribution is -2.29. The number of nitro groups is 2. The molecule has 8 aromatic heterocycles. The van der Waals surface area contributed by atoms with Crippen LogP contribution in [0.1, 0.15) is 22.3 Å². The maximum Gasteiger partial charge on any atom is 0.488 e. The SMILES string of the molecule is Brc1ccccn1.C.C.C.COc1ccc(-c2ccc3sc4ccccc4c3c2)c([N+](=O)[O-])c1.COc1ccc(Br)c([N+](=O)[O-])c1.COc1ccc2c(c1)[nH]c1c2ccc2sc3ccccc3c21.COc1ccc2c3ccc4sc5ccccc5c4c3n(-c3ccccn3)c2c1.OB(O)c1ccc2sc3ccccc3c2c1.c1ccc(P(c2ccccc2)c2ccccc2)cc1. The highest BCUT2D eigenvalue weighted by molar-refractivity contribution is 9.10. The highest BCUT2D eigenvalue weighted by Crippen LogP contribution is 2.46. The summed E-state index contributed by atoms with van der Waals surface area (Å²) in [6, 6.07) is 120. The van der Waals surface area contributed by atoms with Crippen LogP contribution in [0.5, 0.6) is 23.0 Å². The number of methoxy groups -OCH3 is 4. The highest BCUT2D eigenvalue weighted by Gasteiger charge is 2.23. The van der Waals surface area contributed by atoms with Crippen molar-refractivity contribution in [2.75, 3.05) is 28.4 Å². The van der Waals surface area contributed by atoms with Crippen molar-refractivity contribution < 1.29 is 38.8 Å². The number of nitrogens with one attached hydrogen (secondary N) is 1. The Morgan fingerprint density at radius 1 is 0.374 bits per heavy atom. The number of aromatic amines is 1. The zero-order valence-corrected chi connectivity index (χ0v) is 76.4. The molecule has 24 heteroatoms. The molecule has 0 saturated heterocycles. The Bertz CT molecular complexity index is 7850. The lowest BCUT2D eigenvalue weighted by atomic mass is 9.80. The van der Waals surface area contributed by atoms with Crippen LogP contribution in [0.3, 0.4) is 0 Å². The maximum atomic E-state index is 11.4. The Morgan fingerprint density at radius 2 is 0.794 bits per heavy atom. The molecule has 15 aromatic carbocycles. The predicted octanol–water partition coefficient (Wildman–Crippen LogP) is 29.2. The van der Waals surface area contributed by atoms with E-state index in [1.54, 1.807) is 73.4 Å². The van der Waals surface area contributed by atoms with Crippen molar-refractivity contribution in [1.29, 1.82) is 0 Å². The molecule has 0 spiro atoms. The van der Waals surface area contributed by atoms with Crippen LogP contribution in [0.25, 0.3) is 141 Å². The molecule has 0 atom stereocenters. The average Bonchev–Trinajstić information content (AvgIpc) is 1.56. The number of hydrogen-bond acceptors (Lipinski definition) is 16. The van der Waals surface area contributed by atoms with E-state index in [4.69, 9.17) is 29.0 Å². The van der Waals surface area contributed by atoms with Gasteiger partial charge in [-0.25, -0.2) is 9.97 Å². The number of nitro benzene ring substituents is 2. The van der Waals surface area contributed by atoms with Gasteiger partial charge in [-0.05, 0) is 200 Å². The maximum absolute atomic E-state index is 11.4. The van der Waals surface area contributed by atoms with E-state index in [2.05, 4.69) is 270 Å². The number of pyridine rings is 2. The van der Waals surface area contributed by atoms with Gasteiger partial charge in [0.15, 0.2) is 0 Å². The second-order valence-electron chi connectivity index (χ2n) is 29.1. The molecule has 3 N–H and O–H groups in total. The van der Waals surface area contributed by atoms with Crippen LogP contribution in [0, 0.1) is 20.2 Å². The van der Waals surface area contributed by atoms with Crippen LogP contribution < -0.4 is 40.3 Å². The molecule has 0 saturated carbocycles. The van der Waals surface area contributed by atoms with Crippen molar-refractivity contribution in [3.63, 3.8) is 0 Å². The molecular weight excluding hydrogens is 1860 g/mol. The molecule has 23 rings (SSSR count). The third-order valence-corrected chi connectivity index (χ3v) is 29.6. The fourth-order valence-corrected chi connectivity index (χ4v) is 22.9. The van der Waals surface area contributed by atoms with Gasteiger partial charge in [0.2, 0.25) is 0 Å². The van der Waals surface area contributed by atoms with E-state index in [1.807, 2.05) is 126 Å². The van der Waals surface area contributed by atoms with Gasteiger partial charge in [-0.1, -0.05) is 229 Å². The van der Waals surface area contributed by atoms with Crippen LogP contribution in [0.2, 0.25) is 0 Å². The standard InChI is InChI=1S/C24H16N2OS.C19H13NO3S.C19H13NOS.C18H15P.C12H9BO2S.C7H6BrNO3.C5H4BrN.3CH4/c1-27-15-9-10-16-17-11-12-21-23(18-6-2-3-7-20(18)28-21)24(17)26(19(16)14-15)22-8-4-5-13-25-22;1-23-13-7-8-14(17(11-13)20(21)22)12-6-9-19-16(10-12)15-4-2-3-5-18(15)24-19;1-21-11-6-7-12-13-8-9-17-18(19(13)20-15(12)10-11)14-4-2-3-5-16(14)22-17;1-4-10-16(11-5-1)19(17-12-6-2-7-13-17)18-14-8-3-9-15-18;14-13(15)8-5-6-12-10(7-8)9-3-1-2-4-11(9)16-12;1-12-5-2-3-6(8)7(4-5)9(10)11;6-5-3-1-2-4-7-5;;;/h2-14H,1H3;2-11H,1H3;2-10,20H,1H3;1-15H;1-7,14-15H;2-4H,1H3;1-4H;3*1H4. The summed E-state index contributed by atoms with van der Waals surface area (Å²) in [6.45, 7) is 0. The van der Waals surface area contributed by atoms with Gasteiger partial charge in [-0.2, -0.15) is 0 Å². The minimum Gasteiger partial charge on any atom is -0.497 e. The van der Waals surface area contributed by atoms with E-state index in [1.165, 1.54) is 145 Å². The van der Waals surface area contributed by atoms with Gasteiger partial charge in [-0.15, -0.1) is 45.3 Å². The fraction of sp³-hybridized carbons (Fsp3) is 0.0654. The third-order valence-electron chi connectivity index (χ3n) is 21.5. The smallest absolute Gasteiger partial charge is 0.488 e. The normalized spacial score (nSPS) is 10.8. The quantitative estimate of drug-likeness (QED) is 0.0343. The van der Waals surface area contributed by atoms with E-state index in [-0.39, 0.29) is 38.6 Å². The van der Waals surface area contributed by atoms with Gasteiger partial charge in [0.25, 0.3) is 11.4 Å². The van der Waals surface area contributed by atoms with Crippen molar-refractivity contribution in [2.24, 2.45) is 0 Å². The van der Waals surface area contributed by atoms with E-state index in [9.17, 15) is 20.2 Å². The molecule has 0 radical (unpaired) electrons. The van der Waals surface area contributed by atoms with E-state index in [0.717, 1.165) is 49.3 Å². The van der Waals surface area contributed by atoms with Crippen molar-refractivity contribution in [1.82, 2.24) is 19.5 Å². The monoisotopic (exact) mass is 1940 g/mol. The Hall–Kier alpha value is -13.5. The minimum atomic E-state index is -1.40. The van der Waals surface area contributed by atoms with E-state index in [0.29, 0.717) is 27.0 Å². The molecule has 0 amide bonds. The van der Waals surface area contributed by atoms with Crippen molar-refractivity contribution in [2.45, 2.75) is 22.3 Å². The van der Waals surface area contributed by atoms with Crippen LogP contribution in [0.4, 0.5) is 11.4 Å². The summed E-state index contributed by atoms with van der Waals surface area (Å²) in [4.78, 5) is 33.2. The van der Waals surface area contributed by atoms with E-state index >= 15 is 0 Å². The number of benzene rings is 15. The molecule has 0 aliphatic heterocycles. The number of fused-ring (bicyclic) bond motifs is 20. The summed E-state index contributed by atoms with van der Waals surface area (Å²) in [5, 5.41) is 59.1. The molecule has 23 aromatic rings. The van der Waals surface area contributed by atoms with Gasteiger partial charge < -0.3 is 34.0 Å². The molecule has 0 aliphatic rings. The van der Waals surface area contributed by atoms with Gasteiger partial charge >= 0.3 is 7.12 Å². The molecular formula is C107H88BBr2N6O10PS4. The molecule has 0 bridgehead atoms. The number of nitrogens with zero attached hydrogens (tertiary/aromatic N) is 5. The third kappa shape index (κ3) is 20.3. The topological polar surface area (TPSA) is 210 Å². The van der Waals surface area contributed by atoms with Crippen LogP contribution in [-0.4, -0.2) is 75.0 Å². The van der Waals surface area contributed by atoms with Crippen molar-refractivity contribution in [3.05, 3.63) is 400 Å². The summed E-state index contributed by atoms with van der Waals surface area (Å²) < 4.78 is 34.5. The zero-order valence-electron chi connectivity index (χ0n) is 69.0. The van der Waals surface area contributed by atoms with Crippen molar-refractivity contribution in [3.8, 4) is 39.9 Å². The highest BCUT2D eigenvalue weighted by atomic mass is 79.9. The fourth-order valence-electron chi connectivity index (χ4n) is 15.5. The van der Waals surface area contributed by atoms with Crippen LogP contribution >= 0.6 is 85.1 Å². The predicted molar refractivity (Wildman–Crippen MR) is 565 cm³/mol. The van der Waals surface area contributed by atoms with Crippen molar-refractivity contribution >= 4 is 249 Å².